The molecular formula is C20H17F3N4O2S. The lowest BCUT2D eigenvalue weighted by Crippen LogP contribution is -2.16. The van der Waals surface area contributed by atoms with E-state index < -0.39 is 17.5 Å². The van der Waals surface area contributed by atoms with Gasteiger partial charge in [-0.15, -0.1) is 16.8 Å². The number of benzene rings is 2. The van der Waals surface area contributed by atoms with Crippen LogP contribution in [0.5, 0.6) is 5.75 Å². The van der Waals surface area contributed by atoms with Crippen LogP contribution in [-0.4, -0.2) is 26.4 Å². The zero-order chi connectivity index (χ0) is 21.5. The zero-order valence-corrected chi connectivity index (χ0v) is 16.5. The molecule has 0 bridgehead atoms. The van der Waals surface area contributed by atoms with E-state index in [0.29, 0.717) is 23.3 Å². The number of allylic oxidation sites excluding steroid dienone is 1. The number of amides is 1. The number of hydrogen-bond acceptors (Lipinski definition) is 5. The third-order valence-electron chi connectivity index (χ3n) is 3.82. The van der Waals surface area contributed by atoms with Crippen LogP contribution in [0.15, 0.2) is 60.3 Å². The largest absolute Gasteiger partial charge is 0.486 e. The molecule has 0 atom stereocenters. The molecule has 6 nitrogen and oxygen atoms in total. The first kappa shape index (κ1) is 21.4. The summed E-state index contributed by atoms with van der Waals surface area (Å²) in [7, 11) is 0. The summed E-state index contributed by atoms with van der Waals surface area (Å²) in [6, 6.07) is 8.36. The Labute approximate surface area is 174 Å². The fourth-order valence-electron chi connectivity index (χ4n) is 2.43. The second-order valence-electron chi connectivity index (χ2n) is 6.00. The van der Waals surface area contributed by atoms with E-state index in [2.05, 4.69) is 22.1 Å². The van der Waals surface area contributed by atoms with Gasteiger partial charge in [0.05, 0.1) is 11.4 Å². The van der Waals surface area contributed by atoms with Crippen LogP contribution in [0.2, 0.25) is 0 Å². The molecule has 3 rings (SSSR count). The van der Waals surface area contributed by atoms with Crippen LogP contribution in [0.3, 0.4) is 0 Å². The van der Waals surface area contributed by atoms with E-state index in [1.165, 1.54) is 24.3 Å². The lowest BCUT2D eigenvalue weighted by molar-refractivity contribution is -0.113. The number of thioether (sulfide) groups is 1. The number of halogens is 3. The molecule has 0 aliphatic heterocycles. The van der Waals surface area contributed by atoms with E-state index in [-0.39, 0.29) is 23.9 Å². The van der Waals surface area contributed by atoms with Gasteiger partial charge in [-0.05, 0) is 36.4 Å². The van der Waals surface area contributed by atoms with Gasteiger partial charge in [-0.2, -0.15) is 0 Å². The van der Waals surface area contributed by atoms with E-state index in [1.807, 2.05) is 0 Å². The van der Waals surface area contributed by atoms with Crippen molar-refractivity contribution in [3.05, 3.63) is 78.4 Å². The van der Waals surface area contributed by atoms with Crippen LogP contribution in [0.4, 0.5) is 18.9 Å². The standard InChI is InChI=1S/C20H17F3N4O2S/c1-2-9-27-18(11-29-15-6-3-13(21)4-7-15)25-26-20(27)30-12-19(28)24-17-10-14(22)5-8-16(17)23/h2-8,10H,1,9,11-12H2,(H,24,28). The smallest absolute Gasteiger partial charge is 0.234 e. The average Bonchev–Trinajstić information content (AvgIpc) is 3.11. The molecular weight excluding hydrogens is 417 g/mol. The van der Waals surface area contributed by atoms with Gasteiger partial charge < -0.3 is 10.1 Å². The van der Waals surface area contributed by atoms with Crippen LogP contribution in [0.25, 0.3) is 0 Å². The van der Waals surface area contributed by atoms with Crippen molar-refractivity contribution in [1.29, 1.82) is 0 Å². The molecule has 10 heteroatoms. The first-order chi connectivity index (χ1) is 14.5. The molecule has 0 radical (unpaired) electrons. The van der Waals surface area contributed by atoms with Crippen molar-refractivity contribution in [2.75, 3.05) is 11.1 Å². The van der Waals surface area contributed by atoms with Crippen LogP contribution >= 0.6 is 11.8 Å². The van der Waals surface area contributed by atoms with Crippen molar-refractivity contribution >= 4 is 23.4 Å². The predicted molar refractivity (Wildman–Crippen MR) is 107 cm³/mol. The highest BCUT2D eigenvalue weighted by Gasteiger charge is 2.15. The van der Waals surface area contributed by atoms with Crippen molar-refractivity contribution in [3.8, 4) is 5.75 Å². The number of nitrogens with zero attached hydrogens (tertiary/aromatic N) is 3. The molecule has 0 spiro atoms. The molecule has 2 aromatic carbocycles. The molecule has 30 heavy (non-hydrogen) atoms. The number of ether oxygens (including phenoxy) is 1. The molecule has 0 unspecified atom stereocenters. The van der Waals surface area contributed by atoms with E-state index in [4.69, 9.17) is 4.74 Å². The number of carbonyl (C=O) groups excluding carboxylic acids is 1. The fourth-order valence-corrected chi connectivity index (χ4v) is 3.20. The molecule has 0 aliphatic carbocycles. The van der Waals surface area contributed by atoms with Gasteiger partial charge in [-0.3, -0.25) is 9.36 Å². The molecule has 1 amide bonds. The Morgan fingerprint density at radius 3 is 2.60 bits per heavy atom. The van der Waals surface area contributed by atoms with Gasteiger partial charge in [0.2, 0.25) is 5.91 Å². The van der Waals surface area contributed by atoms with Gasteiger partial charge in [0.1, 0.15) is 29.8 Å². The van der Waals surface area contributed by atoms with Crippen molar-refractivity contribution in [2.45, 2.75) is 18.3 Å². The number of anilines is 1. The molecule has 156 valence electrons. The minimum absolute atomic E-state index is 0.0771. The normalized spacial score (nSPS) is 10.6. The number of carbonyl (C=O) groups is 1. The minimum Gasteiger partial charge on any atom is -0.486 e. The topological polar surface area (TPSA) is 69.0 Å². The monoisotopic (exact) mass is 434 g/mol. The summed E-state index contributed by atoms with van der Waals surface area (Å²) in [6.45, 7) is 4.14. The quantitative estimate of drug-likeness (QED) is 0.404. The molecule has 0 aliphatic rings. The summed E-state index contributed by atoms with van der Waals surface area (Å²) in [4.78, 5) is 12.1. The van der Waals surface area contributed by atoms with Gasteiger partial charge in [0.25, 0.3) is 0 Å². The SMILES string of the molecule is C=CCn1c(COc2ccc(F)cc2)nnc1SCC(=O)Nc1cc(F)ccc1F. The highest BCUT2D eigenvalue weighted by atomic mass is 32.2. The van der Waals surface area contributed by atoms with Gasteiger partial charge >= 0.3 is 0 Å². The molecule has 0 saturated heterocycles. The number of nitrogens with one attached hydrogen (secondary N) is 1. The molecule has 1 N–H and O–H groups in total. The highest BCUT2D eigenvalue weighted by molar-refractivity contribution is 7.99. The Kier molecular flexibility index (Phi) is 7.12. The van der Waals surface area contributed by atoms with Crippen LogP contribution in [-0.2, 0) is 17.9 Å². The first-order valence-corrected chi connectivity index (χ1v) is 9.74. The van der Waals surface area contributed by atoms with Crippen molar-refractivity contribution in [2.24, 2.45) is 0 Å². The maximum absolute atomic E-state index is 13.6. The second-order valence-corrected chi connectivity index (χ2v) is 6.94. The van der Waals surface area contributed by atoms with Crippen molar-refractivity contribution < 1.29 is 22.7 Å². The summed E-state index contributed by atoms with van der Waals surface area (Å²) >= 11 is 1.08. The Balaban J connectivity index is 1.62. The van der Waals surface area contributed by atoms with Crippen LogP contribution < -0.4 is 10.1 Å². The number of hydrogen-bond donors (Lipinski definition) is 1. The lowest BCUT2D eigenvalue weighted by Gasteiger charge is -2.09. The van der Waals surface area contributed by atoms with E-state index in [0.717, 1.165) is 30.0 Å². The Morgan fingerprint density at radius 1 is 1.13 bits per heavy atom. The van der Waals surface area contributed by atoms with E-state index in [9.17, 15) is 18.0 Å². The first-order valence-electron chi connectivity index (χ1n) is 8.75. The third kappa shape index (κ3) is 5.63. The molecule has 1 aromatic heterocycles. The molecule has 0 fully saturated rings. The minimum atomic E-state index is -0.732. The van der Waals surface area contributed by atoms with Gasteiger partial charge in [-0.25, -0.2) is 13.2 Å². The molecule has 1 heterocycles. The summed E-state index contributed by atoms with van der Waals surface area (Å²) in [6.07, 6.45) is 1.64. The van der Waals surface area contributed by atoms with Crippen molar-refractivity contribution in [3.63, 3.8) is 0 Å². The predicted octanol–water partition coefficient (Wildman–Crippen LogP) is 4.19. The van der Waals surface area contributed by atoms with Gasteiger partial charge in [-0.1, -0.05) is 17.8 Å². The summed E-state index contributed by atoms with van der Waals surface area (Å²) in [5.74, 6) is -1.42. The van der Waals surface area contributed by atoms with Crippen molar-refractivity contribution in [1.82, 2.24) is 14.8 Å². The lowest BCUT2D eigenvalue weighted by atomic mass is 10.3. The zero-order valence-electron chi connectivity index (χ0n) is 15.6. The summed E-state index contributed by atoms with van der Waals surface area (Å²) < 4.78 is 47.1. The maximum atomic E-state index is 13.6. The molecule has 3 aromatic rings. The Hall–Kier alpha value is -3.27. The fraction of sp³-hybridized carbons (Fsp3) is 0.150. The third-order valence-corrected chi connectivity index (χ3v) is 4.79. The Morgan fingerprint density at radius 2 is 1.87 bits per heavy atom. The van der Waals surface area contributed by atoms with E-state index >= 15 is 0 Å². The van der Waals surface area contributed by atoms with Gasteiger partial charge in [0, 0.05) is 12.6 Å². The molecule has 0 saturated carbocycles. The number of aromatic nitrogens is 3. The second kappa shape index (κ2) is 9.97. The highest BCUT2D eigenvalue weighted by Crippen LogP contribution is 2.21. The summed E-state index contributed by atoms with van der Waals surface area (Å²) in [5.41, 5.74) is -0.235. The maximum Gasteiger partial charge on any atom is 0.234 e. The average molecular weight is 434 g/mol. The summed E-state index contributed by atoms with van der Waals surface area (Å²) in [5, 5.41) is 10.9. The van der Waals surface area contributed by atoms with Gasteiger partial charge in [0.15, 0.2) is 11.0 Å². The van der Waals surface area contributed by atoms with Crippen LogP contribution in [0.1, 0.15) is 5.82 Å². The number of rotatable bonds is 9. The van der Waals surface area contributed by atoms with E-state index in [1.54, 1.807) is 10.6 Å². The van der Waals surface area contributed by atoms with Crippen LogP contribution in [0, 0.1) is 17.5 Å². The Bertz CT molecular complexity index is 1040.